The number of hydrogen-bond acceptors (Lipinski definition) is 1. The maximum atomic E-state index is 6.02. The first-order valence-corrected chi connectivity index (χ1v) is 6.61. The Bertz CT molecular complexity index is 686. The van der Waals surface area contributed by atoms with Gasteiger partial charge < -0.3 is 10.3 Å². The summed E-state index contributed by atoms with van der Waals surface area (Å²) in [6.07, 6.45) is 2.08. The number of benzene rings is 2. The molecule has 1 heterocycles. The first-order chi connectivity index (χ1) is 8.74. The highest BCUT2D eigenvalue weighted by molar-refractivity contribution is 9.10. The Kier molecular flexibility index (Phi) is 2.84. The molecule has 2 aromatic carbocycles. The molecule has 3 aromatic rings. The third kappa shape index (κ3) is 2.02. The number of halogens is 1. The number of anilines is 1. The van der Waals surface area contributed by atoms with Crippen LogP contribution >= 0.6 is 15.9 Å². The van der Waals surface area contributed by atoms with Crippen LogP contribution in [0.4, 0.5) is 5.69 Å². The number of fused-ring (bicyclic) bond motifs is 1. The monoisotopic (exact) mass is 300 g/mol. The molecule has 1 aromatic heterocycles. The summed E-state index contributed by atoms with van der Waals surface area (Å²) in [5.74, 6) is 0. The number of nitrogen functional groups attached to an aromatic ring is 1. The average molecular weight is 301 g/mol. The van der Waals surface area contributed by atoms with Gasteiger partial charge in [-0.15, -0.1) is 0 Å². The second-order valence-corrected chi connectivity index (χ2v) is 5.27. The lowest BCUT2D eigenvalue weighted by Gasteiger charge is -2.07. The SMILES string of the molecule is Nc1cc(Br)cc2c1ccn2Cc1ccccc1. The molecule has 2 nitrogen and oxygen atoms in total. The van der Waals surface area contributed by atoms with Gasteiger partial charge in [0.05, 0.1) is 5.52 Å². The van der Waals surface area contributed by atoms with Crippen molar-refractivity contribution >= 4 is 32.5 Å². The van der Waals surface area contributed by atoms with Crippen molar-refractivity contribution in [2.45, 2.75) is 6.54 Å². The molecule has 0 saturated heterocycles. The summed E-state index contributed by atoms with van der Waals surface area (Å²) >= 11 is 3.49. The summed E-state index contributed by atoms with van der Waals surface area (Å²) in [6.45, 7) is 0.861. The van der Waals surface area contributed by atoms with Crippen molar-refractivity contribution in [1.82, 2.24) is 4.57 Å². The molecule has 0 unspecified atom stereocenters. The van der Waals surface area contributed by atoms with Crippen molar-refractivity contribution < 1.29 is 0 Å². The number of nitrogens with two attached hydrogens (primary N) is 1. The fourth-order valence-electron chi connectivity index (χ4n) is 2.21. The zero-order valence-corrected chi connectivity index (χ0v) is 11.4. The van der Waals surface area contributed by atoms with Crippen molar-refractivity contribution in [3.8, 4) is 0 Å². The minimum absolute atomic E-state index is 0.811. The van der Waals surface area contributed by atoms with Crippen molar-refractivity contribution in [1.29, 1.82) is 0 Å². The van der Waals surface area contributed by atoms with Gasteiger partial charge in [0, 0.05) is 28.3 Å². The predicted molar refractivity (Wildman–Crippen MR) is 79.6 cm³/mol. The van der Waals surface area contributed by atoms with Gasteiger partial charge in [0.2, 0.25) is 0 Å². The number of rotatable bonds is 2. The van der Waals surface area contributed by atoms with E-state index in [2.05, 4.69) is 63.1 Å². The van der Waals surface area contributed by atoms with Crippen LogP contribution in [0.15, 0.2) is 59.2 Å². The molecule has 3 rings (SSSR count). The smallest absolute Gasteiger partial charge is 0.0515 e. The van der Waals surface area contributed by atoms with Gasteiger partial charge in [0.1, 0.15) is 0 Å². The van der Waals surface area contributed by atoms with Crippen LogP contribution in [0.2, 0.25) is 0 Å². The number of hydrogen-bond donors (Lipinski definition) is 1. The normalized spacial score (nSPS) is 10.9. The first-order valence-electron chi connectivity index (χ1n) is 5.82. The van der Waals surface area contributed by atoms with Crippen LogP contribution < -0.4 is 5.73 Å². The third-order valence-corrected chi connectivity index (χ3v) is 3.54. The molecule has 0 amide bonds. The molecule has 90 valence electrons. The summed E-state index contributed by atoms with van der Waals surface area (Å²) in [5.41, 5.74) is 9.28. The van der Waals surface area contributed by atoms with Crippen molar-refractivity contribution in [3.05, 3.63) is 64.8 Å². The molecule has 0 fully saturated rings. The van der Waals surface area contributed by atoms with Gasteiger partial charge in [-0.2, -0.15) is 0 Å². The highest BCUT2D eigenvalue weighted by Crippen LogP contribution is 2.27. The van der Waals surface area contributed by atoms with Gasteiger partial charge in [-0.25, -0.2) is 0 Å². The van der Waals surface area contributed by atoms with Gasteiger partial charge >= 0.3 is 0 Å². The summed E-state index contributed by atoms with van der Waals surface area (Å²) in [7, 11) is 0. The van der Waals surface area contributed by atoms with Crippen molar-refractivity contribution in [3.63, 3.8) is 0 Å². The standard InChI is InChI=1S/C15H13BrN2/c16-12-8-14(17)13-6-7-18(15(13)9-12)10-11-4-2-1-3-5-11/h1-9H,10,17H2. The summed E-state index contributed by atoms with van der Waals surface area (Å²) in [6, 6.07) is 16.5. The Labute approximate surface area is 114 Å². The number of aromatic nitrogens is 1. The van der Waals surface area contributed by atoms with Crippen LogP contribution in [-0.2, 0) is 6.54 Å². The minimum atomic E-state index is 0.811. The van der Waals surface area contributed by atoms with E-state index in [9.17, 15) is 0 Å². The van der Waals surface area contributed by atoms with Crippen LogP contribution in [0.25, 0.3) is 10.9 Å². The zero-order valence-electron chi connectivity index (χ0n) is 9.81. The predicted octanol–water partition coefficient (Wildman–Crippen LogP) is 4.03. The molecule has 0 spiro atoms. The van der Waals surface area contributed by atoms with Crippen LogP contribution in [0.3, 0.4) is 0 Å². The average Bonchev–Trinajstić information content (AvgIpc) is 2.74. The second-order valence-electron chi connectivity index (χ2n) is 4.36. The Morgan fingerprint density at radius 1 is 1.06 bits per heavy atom. The highest BCUT2D eigenvalue weighted by Gasteiger charge is 2.05. The Morgan fingerprint density at radius 2 is 1.83 bits per heavy atom. The zero-order chi connectivity index (χ0) is 12.5. The van der Waals surface area contributed by atoms with Gasteiger partial charge in [-0.05, 0) is 23.8 Å². The molecule has 0 atom stereocenters. The molecule has 0 aliphatic heterocycles. The van der Waals surface area contributed by atoms with E-state index in [0.717, 1.165) is 27.6 Å². The molecular formula is C15H13BrN2. The highest BCUT2D eigenvalue weighted by atomic mass is 79.9. The molecule has 0 bridgehead atoms. The van der Waals surface area contributed by atoms with Crippen molar-refractivity contribution in [2.24, 2.45) is 0 Å². The summed E-state index contributed by atoms with van der Waals surface area (Å²) < 4.78 is 3.23. The maximum Gasteiger partial charge on any atom is 0.0515 e. The van der Waals surface area contributed by atoms with E-state index < -0.39 is 0 Å². The van der Waals surface area contributed by atoms with Crippen LogP contribution in [0, 0.1) is 0 Å². The molecule has 3 heteroatoms. The maximum absolute atomic E-state index is 6.02. The molecular weight excluding hydrogens is 288 g/mol. The van der Waals surface area contributed by atoms with E-state index in [1.54, 1.807) is 0 Å². The van der Waals surface area contributed by atoms with E-state index in [1.165, 1.54) is 5.56 Å². The fraction of sp³-hybridized carbons (Fsp3) is 0.0667. The molecule has 0 saturated carbocycles. The van der Waals surface area contributed by atoms with E-state index in [1.807, 2.05) is 12.1 Å². The van der Waals surface area contributed by atoms with Gasteiger partial charge in [0.25, 0.3) is 0 Å². The van der Waals surface area contributed by atoms with Gasteiger partial charge in [-0.1, -0.05) is 46.3 Å². The largest absolute Gasteiger partial charge is 0.398 e. The molecule has 2 N–H and O–H groups in total. The van der Waals surface area contributed by atoms with Crippen molar-refractivity contribution in [2.75, 3.05) is 5.73 Å². The molecule has 0 aliphatic carbocycles. The lowest BCUT2D eigenvalue weighted by Crippen LogP contribution is -1.97. The van der Waals surface area contributed by atoms with Gasteiger partial charge in [-0.3, -0.25) is 0 Å². The van der Waals surface area contributed by atoms with E-state index in [4.69, 9.17) is 5.73 Å². The quantitative estimate of drug-likeness (QED) is 0.712. The second kappa shape index (κ2) is 4.50. The molecule has 0 radical (unpaired) electrons. The Hall–Kier alpha value is -1.74. The number of nitrogens with zero attached hydrogens (tertiary/aromatic N) is 1. The minimum Gasteiger partial charge on any atom is -0.398 e. The lowest BCUT2D eigenvalue weighted by molar-refractivity contribution is 0.837. The van der Waals surface area contributed by atoms with E-state index in [0.29, 0.717) is 0 Å². The first kappa shape index (κ1) is 11.4. The van der Waals surface area contributed by atoms with Crippen LogP contribution in [-0.4, -0.2) is 4.57 Å². The van der Waals surface area contributed by atoms with Crippen LogP contribution in [0.1, 0.15) is 5.56 Å². The molecule has 0 aliphatic rings. The third-order valence-electron chi connectivity index (χ3n) is 3.08. The van der Waals surface area contributed by atoms with E-state index >= 15 is 0 Å². The van der Waals surface area contributed by atoms with Gasteiger partial charge in [0.15, 0.2) is 0 Å². The van der Waals surface area contributed by atoms with Crippen LogP contribution in [0.5, 0.6) is 0 Å². The topological polar surface area (TPSA) is 30.9 Å². The summed E-state index contributed by atoms with van der Waals surface area (Å²) in [4.78, 5) is 0. The summed E-state index contributed by atoms with van der Waals surface area (Å²) in [5, 5.41) is 1.11. The lowest BCUT2D eigenvalue weighted by atomic mass is 10.2. The van der Waals surface area contributed by atoms with E-state index in [-0.39, 0.29) is 0 Å². The Balaban J connectivity index is 2.08. The fourth-order valence-corrected chi connectivity index (χ4v) is 2.67. The Morgan fingerprint density at radius 3 is 2.61 bits per heavy atom. The molecule has 18 heavy (non-hydrogen) atoms.